The maximum absolute atomic E-state index is 13.2. The van der Waals surface area contributed by atoms with Crippen LogP contribution in [0.5, 0.6) is 0 Å². The Hall–Kier alpha value is -1.82. The van der Waals surface area contributed by atoms with Gasteiger partial charge in [0.2, 0.25) is 0 Å². The van der Waals surface area contributed by atoms with Gasteiger partial charge in [-0.05, 0) is 49.3 Å². The number of piperidine rings is 1. The normalized spacial score (nSPS) is 18.2. The minimum Gasteiger partial charge on any atom is -0.337 e. The highest BCUT2D eigenvalue weighted by molar-refractivity contribution is 7.07. The number of thiazole rings is 1. The van der Waals surface area contributed by atoms with E-state index in [1.54, 1.807) is 17.0 Å². The van der Waals surface area contributed by atoms with Crippen LogP contribution in [0.1, 0.15) is 35.3 Å². The molecule has 1 saturated heterocycles. The van der Waals surface area contributed by atoms with Gasteiger partial charge in [-0.25, -0.2) is 13.8 Å². The summed E-state index contributed by atoms with van der Waals surface area (Å²) in [5.41, 5.74) is 2.97. The van der Waals surface area contributed by atoms with Gasteiger partial charge in [0, 0.05) is 18.5 Å². The molecule has 1 fully saturated rings. The first-order valence-corrected chi connectivity index (χ1v) is 8.69. The molecular formula is C17H18F2N2OS. The first kappa shape index (κ1) is 16.1. The Morgan fingerprint density at radius 2 is 2.22 bits per heavy atom. The standard InChI is InChI=1S/C17H18F2N2OS/c18-14-6-5-12(8-15(14)19)3-4-13-2-1-7-21(9-13)17(22)16-10-23-11-20-16/h5-6,8,10-11,13H,1-4,7,9H2. The largest absolute Gasteiger partial charge is 0.337 e. The second-order valence-corrected chi connectivity index (χ2v) is 6.64. The zero-order valence-electron chi connectivity index (χ0n) is 12.7. The summed E-state index contributed by atoms with van der Waals surface area (Å²) in [4.78, 5) is 18.3. The van der Waals surface area contributed by atoms with Crippen LogP contribution in [0.3, 0.4) is 0 Å². The van der Waals surface area contributed by atoms with Gasteiger partial charge >= 0.3 is 0 Å². The van der Waals surface area contributed by atoms with Crippen molar-refractivity contribution in [3.63, 3.8) is 0 Å². The fraction of sp³-hybridized carbons (Fsp3) is 0.412. The Balaban J connectivity index is 1.56. The third kappa shape index (κ3) is 3.93. The number of rotatable bonds is 4. The van der Waals surface area contributed by atoms with Crippen LogP contribution >= 0.6 is 11.3 Å². The topological polar surface area (TPSA) is 33.2 Å². The van der Waals surface area contributed by atoms with Crippen molar-refractivity contribution in [2.24, 2.45) is 5.92 Å². The molecule has 6 heteroatoms. The average Bonchev–Trinajstić information content (AvgIpc) is 3.10. The van der Waals surface area contributed by atoms with E-state index in [-0.39, 0.29) is 5.91 Å². The minimum atomic E-state index is -0.813. The summed E-state index contributed by atoms with van der Waals surface area (Å²) >= 11 is 1.42. The summed E-state index contributed by atoms with van der Waals surface area (Å²) in [6.07, 6.45) is 3.59. The molecule has 1 aromatic heterocycles. The molecule has 3 nitrogen and oxygen atoms in total. The Morgan fingerprint density at radius 1 is 1.35 bits per heavy atom. The predicted octanol–water partition coefficient (Wildman–Crippen LogP) is 3.91. The van der Waals surface area contributed by atoms with Crippen molar-refractivity contribution < 1.29 is 13.6 Å². The molecule has 3 rings (SSSR count). The van der Waals surface area contributed by atoms with Crippen molar-refractivity contribution in [3.8, 4) is 0 Å². The summed E-state index contributed by atoms with van der Waals surface area (Å²) in [5, 5.41) is 1.77. The van der Waals surface area contributed by atoms with Gasteiger partial charge in [-0.2, -0.15) is 0 Å². The molecular weight excluding hydrogens is 318 g/mol. The van der Waals surface area contributed by atoms with Crippen LogP contribution in [0.2, 0.25) is 0 Å². The molecule has 1 aromatic carbocycles. The number of amides is 1. The predicted molar refractivity (Wildman–Crippen MR) is 85.4 cm³/mol. The Kier molecular flexibility index (Phi) is 5.00. The first-order valence-electron chi connectivity index (χ1n) is 7.75. The molecule has 1 amide bonds. The SMILES string of the molecule is O=C(c1cscn1)N1CCCC(CCc2ccc(F)c(F)c2)C1. The van der Waals surface area contributed by atoms with Gasteiger partial charge in [-0.15, -0.1) is 11.3 Å². The third-order valence-corrected chi connectivity index (χ3v) is 4.87. The van der Waals surface area contributed by atoms with Crippen LogP contribution in [0.25, 0.3) is 0 Å². The molecule has 0 radical (unpaired) electrons. The Morgan fingerprint density at radius 3 is 2.96 bits per heavy atom. The summed E-state index contributed by atoms with van der Waals surface area (Å²) < 4.78 is 26.2. The summed E-state index contributed by atoms with van der Waals surface area (Å²) in [6.45, 7) is 1.47. The van der Waals surface area contributed by atoms with E-state index in [2.05, 4.69) is 4.98 Å². The van der Waals surface area contributed by atoms with Crippen molar-refractivity contribution in [2.45, 2.75) is 25.7 Å². The first-order chi connectivity index (χ1) is 11.1. The van der Waals surface area contributed by atoms with E-state index < -0.39 is 11.6 Å². The molecule has 1 aliphatic heterocycles. The molecule has 1 aliphatic rings. The zero-order chi connectivity index (χ0) is 16.2. The van der Waals surface area contributed by atoms with Gasteiger partial charge < -0.3 is 4.90 Å². The summed E-state index contributed by atoms with van der Waals surface area (Å²) in [6, 6.07) is 4.05. The van der Waals surface area contributed by atoms with Gasteiger partial charge in [-0.3, -0.25) is 4.79 Å². The van der Waals surface area contributed by atoms with Crippen LogP contribution in [-0.4, -0.2) is 28.9 Å². The fourth-order valence-electron chi connectivity index (χ4n) is 3.03. The second-order valence-electron chi connectivity index (χ2n) is 5.92. The molecule has 0 aliphatic carbocycles. The lowest BCUT2D eigenvalue weighted by Crippen LogP contribution is -2.40. The molecule has 2 aromatic rings. The highest BCUT2D eigenvalue weighted by Crippen LogP contribution is 2.23. The zero-order valence-corrected chi connectivity index (χ0v) is 13.5. The molecule has 1 atom stereocenters. The number of hydrogen-bond acceptors (Lipinski definition) is 3. The van der Waals surface area contributed by atoms with Gasteiger partial charge in [0.05, 0.1) is 5.51 Å². The van der Waals surface area contributed by atoms with Crippen LogP contribution in [0.15, 0.2) is 29.1 Å². The van der Waals surface area contributed by atoms with Gasteiger partial charge in [0.1, 0.15) is 5.69 Å². The molecule has 122 valence electrons. The lowest BCUT2D eigenvalue weighted by Gasteiger charge is -2.32. The lowest BCUT2D eigenvalue weighted by molar-refractivity contribution is 0.0663. The number of likely N-dealkylation sites (tertiary alicyclic amines) is 1. The number of carbonyl (C=O) groups excluding carboxylic acids is 1. The Bertz CT molecular complexity index is 675. The molecule has 1 unspecified atom stereocenters. The number of halogens is 2. The second kappa shape index (κ2) is 7.17. The van der Waals surface area contributed by atoms with E-state index >= 15 is 0 Å². The van der Waals surface area contributed by atoms with Crippen LogP contribution in [0.4, 0.5) is 8.78 Å². The summed E-state index contributed by atoms with van der Waals surface area (Å²) in [5.74, 6) is -1.24. The van der Waals surface area contributed by atoms with E-state index in [9.17, 15) is 13.6 Å². The van der Waals surface area contributed by atoms with E-state index in [0.717, 1.165) is 31.4 Å². The highest BCUT2D eigenvalue weighted by Gasteiger charge is 2.25. The van der Waals surface area contributed by atoms with Gasteiger partial charge in [0.25, 0.3) is 5.91 Å². The lowest BCUT2D eigenvalue weighted by atomic mass is 9.91. The number of nitrogens with zero attached hydrogens (tertiary/aromatic N) is 2. The molecule has 0 bridgehead atoms. The maximum atomic E-state index is 13.2. The molecule has 0 N–H and O–H groups in total. The number of hydrogen-bond donors (Lipinski definition) is 0. The van der Waals surface area contributed by atoms with Crippen molar-refractivity contribution in [1.82, 2.24) is 9.88 Å². The van der Waals surface area contributed by atoms with E-state index in [1.807, 2.05) is 4.90 Å². The smallest absolute Gasteiger partial charge is 0.273 e. The fourth-order valence-corrected chi connectivity index (χ4v) is 3.56. The van der Waals surface area contributed by atoms with E-state index in [0.29, 0.717) is 24.6 Å². The molecule has 0 spiro atoms. The number of aryl methyl sites for hydroxylation is 1. The minimum absolute atomic E-state index is 0.0104. The number of carbonyl (C=O) groups is 1. The van der Waals surface area contributed by atoms with Crippen LogP contribution in [-0.2, 0) is 6.42 Å². The molecule has 23 heavy (non-hydrogen) atoms. The Labute approximate surface area is 138 Å². The van der Waals surface area contributed by atoms with Gasteiger partial charge in [0.15, 0.2) is 11.6 Å². The number of aromatic nitrogens is 1. The molecule has 2 heterocycles. The van der Waals surface area contributed by atoms with E-state index in [4.69, 9.17) is 0 Å². The highest BCUT2D eigenvalue weighted by atomic mass is 32.1. The van der Waals surface area contributed by atoms with Gasteiger partial charge in [-0.1, -0.05) is 6.07 Å². The summed E-state index contributed by atoms with van der Waals surface area (Å²) in [7, 11) is 0. The third-order valence-electron chi connectivity index (χ3n) is 4.28. The van der Waals surface area contributed by atoms with Crippen molar-refractivity contribution in [3.05, 3.63) is 52.0 Å². The van der Waals surface area contributed by atoms with Crippen molar-refractivity contribution >= 4 is 17.2 Å². The monoisotopic (exact) mass is 336 g/mol. The maximum Gasteiger partial charge on any atom is 0.273 e. The number of benzene rings is 1. The van der Waals surface area contributed by atoms with Crippen LogP contribution in [0, 0.1) is 17.6 Å². The quantitative estimate of drug-likeness (QED) is 0.848. The van der Waals surface area contributed by atoms with Crippen molar-refractivity contribution in [2.75, 3.05) is 13.1 Å². The average molecular weight is 336 g/mol. The molecule has 0 saturated carbocycles. The van der Waals surface area contributed by atoms with Crippen molar-refractivity contribution in [1.29, 1.82) is 0 Å². The van der Waals surface area contributed by atoms with Crippen LogP contribution < -0.4 is 0 Å². The van der Waals surface area contributed by atoms with E-state index in [1.165, 1.54) is 23.5 Å².